The van der Waals surface area contributed by atoms with Gasteiger partial charge in [0.1, 0.15) is 6.04 Å². The van der Waals surface area contributed by atoms with Crippen LogP contribution in [0.3, 0.4) is 0 Å². The molecule has 4 aliphatic heterocycles. The SMILES string of the molecule is CCCN1CC=C[C@@]2(C)S[C@]34C=CCN(C(C)C)C(=O)C3N(CCCO)C(=O)[C@@H]4[C@H]2C1=O. The summed E-state index contributed by atoms with van der Waals surface area (Å²) in [5.41, 5.74) is 0. The lowest BCUT2D eigenvalue weighted by Crippen LogP contribution is -2.54. The van der Waals surface area contributed by atoms with E-state index in [1.807, 2.05) is 49.6 Å². The van der Waals surface area contributed by atoms with Crippen molar-refractivity contribution < 1.29 is 19.5 Å². The number of likely N-dealkylation sites (tertiary alicyclic amines) is 1. The number of carbonyl (C=O) groups is 3. The summed E-state index contributed by atoms with van der Waals surface area (Å²) in [5, 5.41) is 9.45. The molecule has 0 aromatic rings. The Hall–Kier alpha value is -1.80. The van der Waals surface area contributed by atoms with Gasteiger partial charge in [-0.2, -0.15) is 0 Å². The predicted octanol–water partition coefficient (Wildman–Crippen LogP) is 1.67. The van der Waals surface area contributed by atoms with Crippen molar-refractivity contribution in [2.45, 2.75) is 62.1 Å². The molecule has 176 valence electrons. The molecular formula is C24H35N3O4S. The van der Waals surface area contributed by atoms with Crippen LogP contribution in [-0.2, 0) is 14.4 Å². The molecule has 0 bridgehead atoms. The molecule has 32 heavy (non-hydrogen) atoms. The molecule has 1 unspecified atom stereocenters. The van der Waals surface area contributed by atoms with Crippen LogP contribution in [0.2, 0.25) is 0 Å². The van der Waals surface area contributed by atoms with E-state index >= 15 is 0 Å². The first kappa shape index (κ1) is 23.4. The fourth-order valence-corrected chi connectivity index (χ4v) is 8.16. The number of nitrogens with zero attached hydrogens (tertiary/aromatic N) is 3. The van der Waals surface area contributed by atoms with Gasteiger partial charge in [0.15, 0.2) is 0 Å². The van der Waals surface area contributed by atoms with Crippen LogP contribution in [0.1, 0.15) is 40.5 Å². The molecule has 0 radical (unpaired) electrons. The van der Waals surface area contributed by atoms with Gasteiger partial charge in [-0.25, -0.2) is 0 Å². The molecule has 0 aliphatic carbocycles. The van der Waals surface area contributed by atoms with Crippen molar-refractivity contribution in [1.29, 1.82) is 0 Å². The van der Waals surface area contributed by atoms with E-state index in [1.54, 1.807) is 16.7 Å². The summed E-state index contributed by atoms with van der Waals surface area (Å²) >= 11 is 1.61. The Kier molecular flexibility index (Phi) is 6.22. The van der Waals surface area contributed by atoms with E-state index < -0.39 is 27.4 Å². The molecule has 3 amide bonds. The van der Waals surface area contributed by atoms with E-state index in [4.69, 9.17) is 0 Å². The van der Waals surface area contributed by atoms with Gasteiger partial charge >= 0.3 is 0 Å². The van der Waals surface area contributed by atoms with Gasteiger partial charge in [0.25, 0.3) is 0 Å². The van der Waals surface area contributed by atoms with E-state index in [1.165, 1.54) is 0 Å². The van der Waals surface area contributed by atoms with Gasteiger partial charge in [-0.3, -0.25) is 14.4 Å². The number of aliphatic hydroxyl groups is 1. The molecule has 7 nitrogen and oxygen atoms in total. The molecule has 0 aromatic carbocycles. The van der Waals surface area contributed by atoms with Gasteiger partial charge in [0.05, 0.1) is 16.6 Å². The number of carbonyl (C=O) groups excluding carboxylic acids is 3. The monoisotopic (exact) mass is 461 g/mol. The lowest BCUT2D eigenvalue weighted by Gasteiger charge is -2.37. The molecule has 4 rings (SSSR count). The first-order valence-electron chi connectivity index (χ1n) is 11.8. The van der Waals surface area contributed by atoms with E-state index in [0.717, 1.165) is 6.42 Å². The molecule has 0 aromatic heterocycles. The number of fused-ring (bicyclic) bond motifs is 2. The summed E-state index contributed by atoms with van der Waals surface area (Å²) < 4.78 is -1.35. The van der Waals surface area contributed by atoms with Crippen LogP contribution < -0.4 is 0 Å². The van der Waals surface area contributed by atoms with Gasteiger partial charge in [-0.1, -0.05) is 31.2 Å². The molecule has 4 aliphatic rings. The van der Waals surface area contributed by atoms with Gasteiger partial charge in [0.2, 0.25) is 17.7 Å². The molecule has 1 spiro atoms. The number of thioether (sulfide) groups is 1. The quantitative estimate of drug-likeness (QED) is 0.609. The van der Waals surface area contributed by atoms with Crippen LogP contribution in [0.4, 0.5) is 0 Å². The maximum Gasteiger partial charge on any atom is 0.247 e. The smallest absolute Gasteiger partial charge is 0.247 e. The fraction of sp³-hybridized carbons (Fsp3) is 0.708. The highest BCUT2D eigenvalue weighted by Crippen LogP contribution is 2.65. The highest BCUT2D eigenvalue weighted by molar-refractivity contribution is 8.02. The highest BCUT2D eigenvalue weighted by atomic mass is 32.2. The highest BCUT2D eigenvalue weighted by Gasteiger charge is 2.73. The molecule has 2 fully saturated rings. The predicted molar refractivity (Wildman–Crippen MR) is 125 cm³/mol. The largest absolute Gasteiger partial charge is 0.396 e. The maximum absolute atomic E-state index is 13.9. The third-order valence-electron chi connectivity index (χ3n) is 7.35. The Morgan fingerprint density at radius 1 is 1.06 bits per heavy atom. The summed E-state index contributed by atoms with van der Waals surface area (Å²) in [6.07, 6.45) is 9.46. The molecular weight excluding hydrogens is 426 g/mol. The average Bonchev–Trinajstić information content (AvgIpc) is 3.00. The summed E-state index contributed by atoms with van der Waals surface area (Å²) in [6, 6.07) is -0.660. The maximum atomic E-state index is 13.9. The number of aliphatic hydroxyl groups excluding tert-OH is 1. The normalized spacial score (nSPS) is 36.5. The lowest BCUT2D eigenvalue weighted by molar-refractivity contribution is -0.145. The second-order valence-corrected chi connectivity index (χ2v) is 11.6. The van der Waals surface area contributed by atoms with Crippen LogP contribution in [0.25, 0.3) is 0 Å². The lowest BCUT2D eigenvalue weighted by atomic mass is 9.74. The van der Waals surface area contributed by atoms with Crippen molar-refractivity contribution in [3.05, 3.63) is 24.3 Å². The third kappa shape index (κ3) is 3.33. The summed E-state index contributed by atoms with van der Waals surface area (Å²) in [7, 11) is 0. The van der Waals surface area contributed by atoms with Crippen molar-refractivity contribution in [3.63, 3.8) is 0 Å². The van der Waals surface area contributed by atoms with Crippen LogP contribution >= 0.6 is 11.8 Å². The van der Waals surface area contributed by atoms with E-state index in [0.29, 0.717) is 32.6 Å². The number of amides is 3. The Morgan fingerprint density at radius 3 is 2.44 bits per heavy atom. The van der Waals surface area contributed by atoms with Crippen molar-refractivity contribution in [2.24, 2.45) is 11.8 Å². The molecule has 2 saturated heterocycles. The van der Waals surface area contributed by atoms with Crippen molar-refractivity contribution in [1.82, 2.24) is 14.7 Å². The average molecular weight is 462 g/mol. The van der Waals surface area contributed by atoms with Crippen molar-refractivity contribution in [3.8, 4) is 0 Å². The minimum absolute atomic E-state index is 0.00480. The Morgan fingerprint density at radius 2 is 1.78 bits per heavy atom. The Balaban J connectivity index is 1.85. The van der Waals surface area contributed by atoms with Gasteiger partial charge in [-0.05, 0) is 33.6 Å². The van der Waals surface area contributed by atoms with Crippen molar-refractivity contribution >= 4 is 29.5 Å². The summed E-state index contributed by atoms with van der Waals surface area (Å²) in [6.45, 7) is 10.0. The third-order valence-corrected chi connectivity index (χ3v) is 9.14. The zero-order valence-electron chi connectivity index (χ0n) is 19.5. The van der Waals surface area contributed by atoms with Crippen LogP contribution in [0.5, 0.6) is 0 Å². The topological polar surface area (TPSA) is 81.2 Å². The minimum atomic E-state index is -0.790. The van der Waals surface area contributed by atoms with Crippen molar-refractivity contribution in [2.75, 3.05) is 32.8 Å². The van der Waals surface area contributed by atoms with Crippen LogP contribution in [-0.4, -0.2) is 91.9 Å². The first-order valence-corrected chi connectivity index (χ1v) is 12.6. The second kappa shape index (κ2) is 8.52. The molecule has 4 heterocycles. The summed E-state index contributed by atoms with van der Waals surface area (Å²) in [5.74, 6) is -1.30. The summed E-state index contributed by atoms with van der Waals surface area (Å²) in [4.78, 5) is 46.9. The van der Waals surface area contributed by atoms with Crippen LogP contribution in [0.15, 0.2) is 24.3 Å². The molecule has 1 N–H and O–H groups in total. The number of hydrogen-bond donors (Lipinski definition) is 1. The van der Waals surface area contributed by atoms with Gasteiger partial charge < -0.3 is 19.8 Å². The molecule has 0 saturated carbocycles. The zero-order chi connectivity index (χ0) is 23.3. The second-order valence-electron chi connectivity index (χ2n) is 9.78. The fourth-order valence-electron chi connectivity index (χ4n) is 6.01. The number of rotatable bonds is 6. The Labute approximate surface area is 194 Å². The standard InChI is InChI=1S/C24H35N3O4S/c1-5-11-25-12-6-9-23(4)17(20(25)29)18-21(30)27(14-8-15-28)19-22(31)26(16(2)3)13-7-10-24(18,19)32-23/h6-7,9-10,16-19,28H,5,8,11-15H2,1-4H3/t17-,18-,19?,23+,24-/m0/s1. The van der Waals surface area contributed by atoms with Gasteiger partial charge in [0, 0.05) is 43.6 Å². The zero-order valence-corrected chi connectivity index (χ0v) is 20.3. The van der Waals surface area contributed by atoms with E-state index in [2.05, 4.69) is 12.2 Å². The van der Waals surface area contributed by atoms with Crippen LogP contribution in [0, 0.1) is 11.8 Å². The number of hydrogen-bond acceptors (Lipinski definition) is 5. The van der Waals surface area contributed by atoms with Gasteiger partial charge in [-0.15, -0.1) is 11.8 Å². The molecule has 5 atom stereocenters. The van der Waals surface area contributed by atoms with E-state index in [-0.39, 0.29) is 30.4 Å². The first-order chi connectivity index (χ1) is 15.2. The molecule has 8 heteroatoms. The van der Waals surface area contributed by atoms with E-state index in [9.17, 15) is 19.5 Å². The minimum Gasteiger partial charge on any atom is -0.396 e. The Bertz CT molecular complexity index is 858.